The van der Waals surface area contributed by atoms with Crippen LogP contribution in [0.4, 0.5) is 0 Å². The third-order valence-electron chi connectivity index (χ3n) is 2.94. The molecule has 0 radical (unpaired) electrons. The van der Waals surface area contributed by atoms with E-state index in [1.807, 2.05) is 12.1 Å². The fraction of sp³-hybridized carbons (Fsp3) is 0.500. The largest absolute Gasteiger partial charge is 0.115 e. The summed E-state index contributed by atoms with van der Waals surface area (Å²) in [6.45, 7) is 2.26. The van der Waals surface area contributed by atoms with Crippen molar-refractivity contribution in [3.63, 3.8) is 0 Å². The SMILES string of the molecule is C#Cc1ccc(CCCCCCCC)cc1. The van der Waals surface area contributed by atoms with Crippen molar-refractivity contribution >= 4 is 0 Å². The monoisotopic (exact) mass is 214 g/mol. The van der Waals surface area contributed by atoms with Crippen LogP contribution in [-0.2, 0) is 6.42 Å². The van der Waals surface area contributed by atoms with Crippen LogP contribution < -0.4 is 0 Å². The van der Waals surface area contributed by atoms with Gasteiger partial charge in [0.25, 0.3) is 0 Å². The maximum atomic E-state index is 5.32. The Hall–Kier alpha value is -1.22. The lowest BCUT2D eigenvalue weighted by molar-refractivity contribution is 0.607. The van der Waals surface area contributed by atoms with Crippen LogP contribution >= 0.6 is 0 Å². The molecule has 1 aromatic rings. The highest BCUT2D eigenvalue weighted by Crippen LogP contribution is 2.10. The number of benzene rings is 1. The summed E-state index contributed by atoms with van der Waals surface area (Å²) in [7, 11) is 0. The number of hydrogen-bond acceptors (Lipinski definition) is 0. The second-order valence-electron chi connectivity index (χ2n) is 4.36. The van der Waals surface area contributed by atoms with Crippen LogP contribution in [0, 0.1) is 12.3 Å². The molecule has 0 bridgehead atoms. The zero-order chi connectivity index (χ0) is 11.6. The van der Waals surface area contributed by atoms with Gasteiger partial charge >= 0.3 is 0 Å². The summed E-state index contributed by atoms with van der Waals surface area (Å²) >= 11 is 0. The van der Waals surface area contributed by atoms with Gasteiger partial charge in [0.15, 0.2) is 0 Å². The number of unbranched alkanes of at least 4 members (excludes halogenated alkanes) is 5. The Kier molecular flexibility index (Phi) is 6.42. The average Bonchev–Trinajstić information content (AvgIpc) is 2.34. The molecule has 0 nitrogen and oxygen atoms in total. The lowest BCUT2D eigenvalue weighted by atomic mass is 10.0. The molecule has 16 heavy (non-hydrogen) atoms. The van der Waals surface area contributed by atoms with Gasteiger partial charge in [-0.05, 0) is 30.5 Å². The first kappa shape index (κ1) is 12.8. The van der Waals surface area contributed by atoms with E-state index in [0.29, 0.717) is 0 Å². The van der Waals surface area contributed by atoms with Gasteiger partial charge in [-0.2, -0.15) is 0 Å². The lowest BCUT2D eigenvalue weighted by Gasteiger charge is -2.02. The first-order valence-corrected chi connectivity index (χ1v) is 6.42. The maximum Gasteiger partial charge on any atom is 0.0242 e. The van der Waals surface area contributed by atoms with Crippen molar-refractivity contribution in [3.8, 4) is 12.3 Å². The first-order valence-electron chi connectivity index (χ1n) is 6.42. The van der Waals surface area contributed by atoms with E-state index in [1.165, 1.54) is 50.5 Å². The van der Waals surface area contributed by atoms with E-state index in [0.717, 1.165) is 5.56 Å². The molecule has 1 aromatic carbocycles. The molecule has 0 N–H and O–H groups in total. The van der Waals surface area contributed by atoms with E-state index in [9.17, 15) is 0 Å². The van der Waals surface area contributed by atoms with Gasteiger partial charge in [0, 0.05) is 5.56 Å². The van der Waals surface area contributed by atoms with Crippen LogP contribution in [0.25, 0.3) is 0 Å². The fourth-order valence-electron chi connectivity index (χ4n) is 1.88. The minimum atomic E-state index is 0.978. The van der Waals surface area contributed by atoms with Gasteiger partial charge in [-0.1, -0.05) is 57.1 Å². The smallest absolute Gasteiger partial charge is 0.0242 e. The molecule has 0 heterocycles. The molecule has 0 aliphatic heterocycles. The molecule has 1 rings (SSSR count). The summed E-state index contributed by atoms with van der Waals surface area (Å²) in [5.74, 6) is 2.64. The Bertz CT molecular complexity index is 313. The molecule has 0 aliphatic carbocycles. The van der Waals surface area contributed by atoms with Gasteiger partial charge < -0.3 is 0 Å². The lowest BCUT2D eigenvalue weighted by Crippen LogP contribution is -1.86. The second-order valence-corrected chi connectivity index (χ2v) is 4.36. The van der Waals surface area contributed by atoms with Crippen molar-refractivity contribution < 1.29 is 0 Å². The number of terminal acetylenes is 1. The molecule has 0 saturated carbocycles. The normalized spacial score (nSPS) is 10.0. The van der Waals surface area contributed by atoms with Gasteiger partial charge in [-0.3, -0.25) is 0 Å². The summed E-state index contributed by atoms with van der Waals surface area (Å²) in [4.78, 5) is 0. The molecule has 0 heteroatoms. The topological polar surface area (TPSA) is 0 Å². The summed E-state index contributed by atoms with van der Waals surface area (Å²) in [6, 6.07) is 8.38. The fourth-order valence-corrected chi connectivity index (χ4v) is 1.88. The minimum absolute atomic E-state index is 0.978. The predicted molar refractivity (Wildman–Crippen MR) is 71.5 cm³/mol. The molecule has 0 unspecified atom stereocenters. The molecule has 0 aliphatic rings. The van der Waals surface area contributed by atoms with Crippen molar-refractivity contribution in [1.82, 2.24) is 0 Å². The quantitative estimate of drug-likeness (QED) is 0.460. The van der Waals surface area contributed by atoms with E-state index >= 15 is 0 Å². The van der Waals surface area contributed by atoms with Crippen molar-refractivity contribution in [3.05, 3.63) is 35.4 Å². The van der Waals surface area contributed by atoms with Crippen LogP contribution in [0.5, 0.6) is 0 Å². The van der Waals surface area contributed by atoms with Gasteiger partial charge in [-0.25, -0.2) is 0 Å². The summed E-state index contributed by atoms with van der Waals surface area (Å²) in [6.07, 6.45) is 14.7. The van der Waals surface area contributed by atoms with Crippen LogP contribution in [-0.4, -0.2) is 0 Å². The molecule has 0 aromatic heterocycles. The van der Waals surface area contributed by atoms with Gasteiger partial charge in [0.05, 0.1) is 0 Å². The summed E-state index contributed by atoms with van der Waals surface area (Å²) in [5, 5.41) is 0. The third kappa shape index (κ3) is 5.03. The van der Waals surface area contributed by atoms with Gasteiger partial charge in [0.2, 0.25) is 0 Å². The highest BCUT2D eigenvalue weighted by atomic mass is 14.0. The second kappa shape index (κ2) is 7.99. The van der Waals surface area contributed by atoms with E-state index in [1.54, 1.807) is 0 Å². The van der Waals surface area contributed by atoms with Crippen molar-refractivity contribution in [1.29, 1.82) is 0 Å². The Balaban J connectivity index is 2.15. The number of hydrogen-bond donors (Lipinski definition) is 0. The highest BCUT2D eigenvalue weighted by molar-refractivity contribution is 5.34. The van der Waals surface area contributed by atoms with E-state index in [-0.39, 0.29) is 0 Å². The maximum absolute atomic E-state index is 5.32. The van der Waals surface area contributed by atoms with Gasteiger partial charge in [-0.15, -0.1) is 6.42 Å². The van der Waals surface area contributed by atoms with Crippen LogP contribution in [0.2, 0.25) is 0 Å². The molecular weight excluding hydrogens is 192 g/mol. The molecule has 86 valence electrons. The highest BCUT2D eigenvalue weighted by Gasteiger charge is 1.94. The van der Waals surface area contributed by atoms with Crippen LogP contribution in [0.1, 0.15) is 56.6 Å². The zero-order valence-corrected chi connectivity index (χ0v) is 10.3. The average molecular weight is 214 g/mol. The van der Waals surface area contributed by atoms with E-state index in [2.05, 4.69) is 25.0 Å². The minimum Gasteiger partial charge on any atom is -0.115 e. The predicted octanol–water partition coefficient (Wildman–Crippen LogP) is 4.57. The molecule has 0 fully saturated rings. The van der Waals surface area contributed by atoms with Crippen molar-refractivity contribution in [2.75, 3.05) is 0 Å². The standard InChI is InChI=1S/C16H22/c1-3-5-6-7-8-9-10-16-13-11-15(4-2)12-14-16/h2,11-14H,3,5-10H2,1H3. The Labute approximate surface area is 100 Å². The van der Waals surface area contributed by atoms with Crippen LogP contribution in [0.3, 0.4) is 0 Å². The summed E-state index contributed by atoms with van der Waals surface area (Å²) in [5.41, 5.74) is 2.39. The molecule has 0 saturated heterocycles. The molecule has 0 atom stereocenters. The zero-order valence-electron chi connectivity index (χ0n) is 10.3. The van der Waals surface area contributed by atoms with E-state index in [4.69, 9.17) is 6.42 Å². The van der Waals surface area contributed by atoms with Crippen molar-refractivity contribution in [2.45, 2.75) is 51.9 Å². The molecular formula is C16H22. The Morgan fingerprint density at radius 1 is 0.938 bits per heavy atom. The number of aryl methyl sites for hydroxylation is 1. The van der Waals surface area contributed by atoms with E-state index < -0.39 is 0 Å². The Morgan fingerprint density at radius 2 is 1.56 bits per heavy atom. The summed E-state index contributed by atoms with van der Waals surface area (Å²) < 4.78 is 0. The number of rotatable bonds is 7. The molecule has 0 amide bonds. The third-order valence-corrected chi connectivity index (χ3v) is 2.94. The first-order chi connectivity index (χ1) is 7.86. The van der Waals surface area contributed by atoms with Crippen molar-refractivity contribution in [2.24, 2.45) is 0 Å². The van der Waals surface area contributed by atoms with Crippen LogP contribution in [0.15, 0.2) is 24.3 Å². The molecule has 0 spiro atoms. The Morgan fingerprint density at radius 3 is 2.19 bits per heavy atom. The van der Waals surface area contributed by atoms with Gasteiger partial charge in [0.1, 0.15) is 0 Å².